The Morgan fingerprint density at radius 2 is 1.53 bits per heavy atom. The van der Waals surface area contributed by atoms with E-state index in [0.29, 0.717) is 5.56 Å². The van der Waals surface area contributed by atoms with Crippen molar-refractivity contribution in [1.82, 2.24) is 0 Å². The van der Waals surface area contributed by atoms with Gasteiger partial charge in [0.15, 0.2) is 0 Å². The highest BCUT2D eigenvalue weighted by atomic mass is 16.4. The van der Waals surface area contributed by atoms with E-state index in [1.54, 1.807) is 12.1 Å². The van der Waals surface area contributed by atoms with Crippen LogP contribution in [-0.2, 0) is 0 Å². The normalized spacial score (nSPS) is 12.0. The molecule has 1 N–H and O–H groups in total. The first-order valence-electron chi connectivity index (χ1n) is 6.24. The average molecular weight is 250 g/mol. The maximum Gasteiger partial charge on any atom is 0.335 e. The molecule has 0 amide bonds. The van der Waals surface area contributed by atoms with Gasteiger partial charge in [-0.05, 0) is 53.8 Å². The van der Waals surface area contributed by atoms with Gasteiger partial charge in [0.25, 0.3) is 0 Å². The Hall–Kier alpha value is -2.35. The molecule has 19 heavy (non-hydrogen) atoms. The minimum Gasteiger partial charge on any atom is -0.478 e. The Morgan fingerprint density at radius 1 is 0.895 bits per heavy atom. The summed E-state index contributed by atoms with van der Waals surface area (Å²) in [7, 11) is 0. The number of hydrogen-bond acceptors (Lipinski definition) is 1. The molecule has 0 saturated carbocycles. The van der Waals surface area contributed by atoms with Gasteiger partial charge in [0.05, 0.1) is 5.56 Å². The molecule has 2 heteroatoms. The van der Waals surface area contributed by atoms with Gasteiger partial charge in [0.2, 0.25) is 0 Å². The molecule has 0 fully saturated rings. The van der Waals surface area contributed by atoms with Crippen molar-refractivity contribution in [3.05, 3.63) is 64.7 Å². The zero-order valence-electron chi connectivity index (χ0n) is 10.9. The zero-order chi connectivity index (χ0) is 13.6. The number of benzene rings is 2. The maximum atomic E-state index is 11.1. The van der Waals surface area contributed by atoms with Gasteiger partial charge in [0, 0.05) is 0 Å². The van der Waals surface area contributed by atoms with E-state index in [4.69, 9.17) is 5.11 Å². The largest absolute Gasteiger partial charge is 0.478 e. The molecular formula is C17H14O2. The van der Waals surface area contributed by atoms with Gasteiger partial charge in [0.1, 0.15) is 0 Å². The molecule has 0 aromatic heterocycles. The fraction of sp³-hybridized carbons (Fsp3) is 0.118. The smallest absolute Gasteiger partial charge is 0.335 e. The second kappa shape index (κ2) is 4.09. The molecule has 0 heterocycles. The number of allylic oxidation sites excluding steroid dienone is 1. The second-order valence-electron chi connectivity index (χ2n) is 4.99. The summed E-state index contributed by atoms with van der Waals surface area (Å²) in [5.41, 5.74) is 7.23. The standard InChI is InChI=1S/C17H14O2/c1-10(2)16-14-6-4-3-5-12(14)13-8-7-11(17(18)19)9-15(13)16/h3-9H,1-2H3,(H,18,19). The monoisotopic (exact) mass is 250 g/mol. The van der Waals surface area contributed by atoms with E-state index in [-0.39, 0.29) is 0 Å². The molecule has 0 atom stereocenters. The zero-order valence-corrected chi connectivity index (χ0v) is 10.9. The van der Waals surface area contributed by atoms with Crippen molar-refractivity contribution in [3.8, 4) is 11.1 Å². The molecule has 0 spiro atoms. The molecular weight excluding hydrogens is 236 g/mol. The van der Waals surface area contributed by atoms with Crippen molar-refractivity contribution in [2.75, 3.05) is 0 Å². The van der Waals surface area contributed by atoms with Gasteiger partial charge >= 0.3 is 5.97 Å². The van der Waals surface area contributed by atoms with E-state index in [2.05, 4.69) is 26.0 Å². The van der Waals surface area contributed by atoms with Crippen molar-refractivity contribution in [2.24, 2.45) is 0 Å². The summed E-state index contributed by atoms with van der Waals surface area (Å²) in [5.74, 6) is -0.883. The van der Waals surface area contributed by atoms with Crippen molar-refractivity contribution in [2.45, 2.75) is 13.8 Å². The molecule has 0 radical (unpaired) electrons. The van der Waals surface area contributed by atoms with Gasteiger partial charge in [-0.25, -0.2) is 4.79 Å². The molecule has 1 aliphatic rings. The molecule has 0 bridgehead atoms. The Balaban J connectivity index is 2.35. The Kier molecular flexibility index (Phi) is 2.53. The molecule has 2 aromatic rings. The third-order valence-corrected chi connectivity index (χ3v) is 3.52. The van der Waals surface area contributed by atoms with Crippen molar-refractivity contribution >= 4 is 11.5 Å². The van der Waals surface area contributed by atoms with E-state index in [1.165, 1.54) is 16.7 Å². The highest BCUT2D eigenvalue weighted by molar-refractivity contribution is 6.03. The lowest BCUT2D eigenvalue weighted by Crippen LogP contribution is -1.97. The predicted molar refractivity (Wildman–Crippen MR) is 76.2 cm³/mol. The first-order chi connectivity index (χ1) is 9.09. The summed E-state index contributed by atoms with van der Waals surface area (Å²) in [6.07, 6.45) is 0. The molecule has 1 aliphatic carbocycles. The van der Waals surface area contributed by atoms with Gasteiger partial charge in [-0.15, -0.1) is 0 Å². The number of aromatic carboxylic acids is 1. The SMILES string of the molecule is CC(C)=C1c2ccccc2-c2ccc(C(=O)O)cc21. The van der Waals surface area contributed by atoms with Gasteiger partial charge in [-0.2, -0.15) is 0 Å². The van der Waals surface area contributed by atoms with Gasteiger partial charge in [-0.1, -0.05) is 35.9 Å². The fourth-order valence-corrected chi connectivity index (χ4v) is 2.74. The lowest BCUT2D eigenvalue weighted by atomic mass is 9.98. The third-order valence-electron chi connectivity index (χ3n) is 3.52. The number of hydrogen-bond donors (Lipinski definition) is 1. The van der Waals surface area contributed by atoms with Crippen LogP contribution >= 0.6 is 0 Å². The van der Waals surface area contributed by atoms with Crippen LogP contribution in [-0.4, -0.2) is 11.1 Å². The van der Waals surface area contributed by atoms with E-state index < -0.39 is 5.97 Å². The van der Waals surface area contributed by atoms with Crippen molar-refractivity contribution in [1.29, 1.82) is 0 Å². The molecule has 2 aromatic carbocycles. The van der Waals surface area contributed by atoms with Crippen LogP contribution in [0.5, 0.6) is 0 Å². The number of carboxylic acids is 1. The second-order valence-corrected chi connectivity index (χ2v) is 4.99. The van der Waals surface area contributed by atoms with E-state index in [1.807, 2.05) is 18.2 Å². The number of fused-ring (bicyclic) bond motifs is 3. The van der Waals surface area contributed by atoms with Crippen molar-refractivity contribution < 1.29 is 9.90 Å². The fourth-order valence-electron chi connectivity index (χ4n) is 2.74. The highest BCUT2D eigenvalue weighted by Crippen LogP contribution is 2.45. The Labute approximate surface area is 112 Å². The minimum atomic E-state index is -0.883. The van der Waals surface area contributed by atoms with Gasteiger partial charge in [-0.3, -0.25) is 0 Å². The van der Waals surface area contributed by atoms with Crippen LogP contribution in [0.25, 0.3) is 16.7 Å². The van der Waals surface area contributed by atoms with Crippen LogP contribution in [0.3, 0.4) is 0 Å². The number of rotatable bonds is 1. The average Bonchev–Trinajstić information content (AvgIpc) is 2.72. The minimum absolute atomic E-state index is 0.338. The lowest BCUT2D eigenvalue weighted by Gasteiger charge is -2.06. The van der Waals surface area contributed by atoms with Crippen LogP contribution in [0.15, 0.2) is 48.0 Å². The summed E-state index contributed by atoms with van der Waals surface area (Å²) in [4.78, 5) is 11.1. The summed E-state index contributed by atoms with van der Waals surface area (Å²) >= 11 is 0. The predicted octanol–water partition coefficient (Wildman–Crippen LogP) is 4.21. The quantitative estimate of drug-likeness (QED) is 0.702. The molecule has 0 unspecified atom stereocenters. The van der Waals surface area contributed by atoms with Crippen LogP contribution in [0.1, 0.15) is 35.3 Å². The summed E-state index contributed by atoms with van der Waals surface area (Å²) in [6, 6.07) is 13.6. The van der Waals surface area contributed by atoms with Crippen LogP contribution in [0.2, 0.25) is 0 Å². The molecule has 2 nitrogen and oxygen atoms in total. The van der Waals surface area contributed by atoms with Crippen LogP contribution < -0.4 is 0 Å². The Bertz CT molecular complexity index is 720. The van der Waals surface area contributed by atoms with E-state index in [0.717, 1.165) is 16.7 Å². The van der Waals surface area contributed by atoms with E-state index >= 15 is 0 Å². The Morgan fingerprint density at radius 3 is 2.16 bits per heavy atom. The summed E-state index contributed by atoms with van der Waals surface area (Å²) in [6.45, 7) is 4.13. The van der Waals surface area contributed by atoms with Crippen LogP contribution in [0, 0.1) is 0 Å². The van der Waals surface area contributed by atoms with E-state index in [9.17, 15) is 4.79 Å². The van der Waals surface area contributed by atoms with Gasteiger partial charge < -0.3 is 5.11 Å². The van der Waals surface area contributed by atoms with Crippen LogP contribution in [0.4, 0.5) is 0 Å². The third kappa shape index (κ3) is 1.68. The van der Waals surface area contributed by atoms with Crippen molar-refractivity contribution in [3.63, 3.8) is 0 Å². The highest BCUT2D eigenvalue weighted by Gasteiger charge is 2.24. The molecule has 0 aliphatic heterocycles. The molecule has 94 valence electrons. The first kappa shape index (κ1) is 11.7. The topological polar surface area (TPSA) is 37.3 Å². The lowest BCUT2D eigenvalue weighted by molar-refractivity contribution is 0.0697. The molecule has 3 rings (SSSR count). The summed E-state index contributed by atoms with van der Waals surface area (Å²) < 4.78 is 0. The molecule has 0 saturated heterocycles. The maximum absolute atomic E-state index is 11.1. The number of carboxylic acid groups (broad SMARTS) is 1. The number of carbonyl (C=O) groups is 1. The first-order valence-corrected chi connectivity index (χ1v) is 6.24. The summed E-state index contributed by atoms with van der Waals surface area (Å²) in [5, 5.41) is 9.14.